The summed E-state index contributed by atoms with van der Waals surface area (Å²) in [5.41, 5.74) is -1.87. The summed E-state index contributed by atoms with van der Waals surface area (Å²) in [5, 5.41) is 2.37. The molecule has 1 aromatic carbocycles. The number of carbonyl (C=O) groups excluding carboxylic acids is 1. The van der Waals surface area contributed by atoms with E-state index >= 15 is 0 Å². The van der Waals surface area contributed by atoms with E-state index in [-0.39, 0.29) is 6.54 Å². The van der Waals surface area contributed by atoms with Crippen LogP contribution in [0.4, 0.5) is 13.2 Å². The largest absolute Gasteiger partial charge is 0.497 e. The van der Waals surface area contributed by atoms with E-state index in [1.165, 1.54) is 7.11 Å². The summed E-state index contributed by atoms with van der Waals surface area (Å²) in [6, 6.07) is 6.79. The molecular formula is C15H16F3N3O3. The second-order valence-corrected chi connectivity index (χ2v) is 4.94. The Morgan fingerprint density at radius 2 is 1.92 bits per heavy atom. The van der Waals surface area contributed by atoms with Gasteiger partial charge in [0.15, 0.2) is 11.4 Å². The minimum Gasteiger partial charge on any atom is -0.497 e. The van der Waals surface area contributed by atoms with Crippen LogP contribution in [-0.2, 0) is 6.18 Å². The molecule has 0 saturated heterocycles. The standard InChI is InChI=1S/C15H16F3N3O3/c1-9(24-11-5-3-10(23-2)4-6-11)7-19-14(22)12-13(15(16,17)18)21-8-20-12/h3-6,8-9H,7H2,1-2H3,(H,19,22)(H,20,21). The maximum atomic E-state index is 12.7. The topological polar surface area (TPSA) is 76.2 Å². The zero-order valence-electron chi connectivity index (χ0n) is 13.0. The molecule has 130 valence electrons. The molecule has 1 aromatic heterocycles. The molecule has 2 aromatic rings. The Hall–Kier alpha value is -2.71. The Kier molecular flexibility index (Phi) is 5.32. The highest BCUT2D eigenvalue weighted by Crippen LogP contribution is 2.29. The fourth-order valence-corrected chi connectivity index (χ4v) is 1.93. The lowest BCUT2D eigenvalue weighted by atomic mass is 10.3. The van der Waals surface area contributed by atoms with E-state index in [4.69, 9.17) is 9.47 Å². The summed E-state index contributed by atoms with van der Waals surface area (Å²) in [7, 11) is 1.54. The second-order valence-electron chi connectivity index (χ2n) is 4.94. The average molecular weight is 343 g/mol. The lowest BCUT2D eigenvalue weighted by Crippen LogP contribution is -2.34. The Morgan fingerprint density at radius 3 is 2.50 bits per heavy atom. The number of hydrogen-bond acceptors (Lipinski definition) is 4. The van der Waals surface area contributed by atoms with E-state index < -0.39 is 29.6 Å². The number of benzene rings is 1. The number of amides is 1. The molecule has 0 aliphatic carbocycles. The molecule has 6 nitrogen and oxygen atoms in total. The van der Waals surface area contributed by atoms with E-state index in [1.54, 1.807) is 31.2 Å². The number of rotatable bonds is 6. The lowest BCUT2D eigenvalue weighted by molar-refractivity contribution is -0.141. The van der Waals surface area contributed by atoms with Crippen molar-refractivity contribution in [3.8, 4) is 11.5 Å². The number of aromatic nitrogens is 2. The Bertz CT molecular complexity index is 683. The van der Waals surface area contributed by atoms with E-state index in [0.717, 1.165) is 6.33 Å². The third-order valence-corrected chi connectivity index (χ3v) is 3.08. The first-order valence-electron chi connectivity index (χ1n) is 7.00. The number of aromatic amines is 1. The van der Waals surface area contributed by atoms with Crippen molar-refractivity contribution in [2.24, 2.45) is 0 Å². The van der Waals surface area contributed by atoms with Gasteiger partial charge in [-0.1, -0.05) is 0 Å². The summed E-state index contributed by atoms with van der Waals surface area (Å²) in [5.74, 6) is 0.295. The Labute approximate surface area is 136 Å². The Balaban J connectivity index is 1.90. The van der Waals surface area contributed by atoms with Gasteiger partial charge >= 0.3 is 6.18 Å². The smallest absolute Gasteiger partial charge is 0.433 e. The van der Waals surface area contributed by atoms with Crippen LogP contribution in [0.15, 0.2) is 30.6 Å². The van der Waals surface area contributed by atoms with Crippen molar-refractivity contribution >= 4 is 5.91 Å². The van der Waals surface area contributed by atoms with E-state index in [0.29, 0.717) is 11.5 Å². The molecular weight excluding hydrogens is 327 g/mol. The van der Waals surface area contributed by atoms with Gasteiger partial charge in [0.25, 0.3) is 5.91 Å². The van der Waals surface area contributed by atoms with Gasteiger partial charge in [-0.05, 0) is 31.2 Å². The van der Waals surface area contributed by atoms with Crippen LogP contribution in [0.2, 0.25) is 0 Å². The van der Waals surface area contributed by atoms with Crippen LogP contribution < -0.4 is 14.8 Å². The van der Waals surface area contributed by atoms with Crippen molar-refractivity contribution < 1.29 is 27.4 Å². The van der Waals surface area contributed by atoms with Crippen molar-refractivity contribution in [2.45, 2.75) is 19.2 Å². The number of imidazole rings is 1. The van der Waals surface area contributed by atoms with Crippen molar-refractivity contribution in [3.63, 3.8) is 0 Å². The van der Waals surface area contributed by atoms with Crippen LogP contribution in [0.25, 0.3) is 0 Å². The number of methoxy groups -OCH3 is 1. The molecule has 1 atom stereocenters. The van der Waals surface area contributed by atoms with Crippen molar-refractivity contribution in [1.29, 1.82) is 0 Å². The highest BCUT2D eigenvalue weighted by atomic mass is 19.4. The number of alkyl halides is 3. The minimum absolute atomic E-state index is 0.0228. The van der Waals surface area contributed by atoms with Crippen LogP contribution in [0, 0.1) is 0 Å². The third-order valence-electron chi connectivity index (χ3n) is 3.08. The molecule has 24 heavy (non-hydrogen) atoms. The van der Waals surface area contributed by atoms with Crippen LogP contribution >= 0.6 is 0 Å². The molecule has 0 radical (unpaired) electrons. The number of carbonyl (C=O) groups is 1. The zero-order chi connectivity index (χ0) is 17.7. The van der Waals surface area contributed by atoms with E-state index in [9.17, 15) is 18.0 Å². The fourth-order valence-electron chi connectivity index (χ4n) is 1.93. The van der Waals surface area contributed by atoms with E-state index in [1.807, 2.05) is 4.98 Å². The molecule has 0 saturated carbocycles. The number of nitrogens with zero attached hydrogens (tertiary/aromatic N) is 1. The predicted octanol–water partition coefficient (Wildman–Crippen LogP) is 2.63. The molecule has 1 unspecified atom stereocenters. The number of ether oxygens (including phenoxy) is 2. The van der Waals surface area contributed by atoms with Gasteiger partial charge in [0.2, 0.25) is 0 Å². The molecule has 0 aliphatic heterocycles. The molecule has 0 fully saturated rings. The molecule has 0 bridgehead atoms. The number of H-pyrrole nitrogens is 1. The molecule has 0 aliphatic rings. The molecule has 0 spiro atoms. The predicted molar refractivity (Wildman–Crippen MR) is 79.0 cm³/mol. The van der Waals surface area contributed by atoms with Gasteiger partial charge in [-0.15, -0.1) is 0 Å². The maximum absolute atomic E-state index is 12.7. The third kappa shape index (κ3) is 4.40. The van der Waals surface area contributed by atoms with Crippen LogP contribution in [-0.4, -0.2) is 35.6 Å². The minimum atomic E-state index is -4.67. The molecule has 9 heteroatoms. The van der Waals surface area contributed by atoms with Crippen molar-refractivity contribution in [1.82, 2.24) is 15.3 Å². The van der Waals surface area contributed by atoms with Gasteiger partial charge < -0.3 is 19.8 Å². The Morgan fingerprint density at radius 1 is 1.29 bits per heavy atom. The quantitative estimate of drug-likeness (QED) is 0.845. The number of halogens is 3. The second kappa shape index (κ2) is 7.24. The molecule has 2 rings (SSSR count). The highest BCUT2D eigenvalue weighted by molar-refractivity contribution is 5.93. The monoisotopic (exact) mass is 343 g/mol. The first-order chi connectivity index (χ1) is 11.3. The number of hydrogen-bond donors (Lipinski definition) is 2. The summed E-state index contributed by atoms with van der Waals surface area (Å²) in [6.45, 7) is 1.70. The average Bonchev–Trinajstić information content (AvgIpc) is 3.03. The normalized spacial score (nSPS) is 12.5. The van der Waals surface area contributed by atoms with Crippen LogP contribution in [0.1, 0.15) is 23.1 Å². The number of nitrogens with one attached hydrogen (secondary N) is 2. The van der Waals surface area contributed by atoms with Gasteiger partial charge in [-0.25, -0.2) is 4.98 Å². The first kappa shape index (κ1) is 17.6. The SMILES string of the molecule is COc1ccc(OC(C)CNC(=O)c2nc[nH]c2C(F)(F)F)cc1. The van der Waals surface area contributed by atoms with Gasteiger partial charge in [0, 0.05) is 0 Å². The molecule has 1 heterocycles. The summed E-state index contributed by atoms with van der Waals surface area (Å²) < 4.78 is 48.7. The highest BCUT2D eigenvalue weighted by Gasteiger charge is 2.37. The van der Waals surface area contributed by atoms with Gasteiger partial charge in [-0.3, -0.25) is 4.79 Å². The van der Waals surface area contributed by atoms with E-state index in [2.05, 4.69) is 10.3 Å². The molecule has 2 N–H and O–H groups in total. The van der Waals surface area contributed by atoms with Gasteiger partial charge in [0.05, 0.1) is 20.0 Å². The lowest BCUT2D eigenvalue weighted by Gasteiger charge is -2.15. The van der Waals surface area contributed by atoms with Crippen molar-refractivity contribution in [3.05, 3.63) is 42.0 Å². The first-order valence-corrected chi connectivity index (χ1v) is 7.00. The van der Waals surface area contributed by atoms with Gasteiger partial charge in [-0.2, -0.15) is 13.2 Å². The maximum Gasteiger partial charge on any atom is 0.433 e. The summed E-state index contributed by atoms with van der Waals surface area (Å²) >= 11 is 0. The van der Waals surface area contributed by atoms with Crippen LogP contribution in [0.5, 0.6) is 11.5 Å². The van der Waals surface area contributed by atoms with Crippen LogP contribution in [0.3, 0.4) is 0 Å². The summed E-state index contributed by atoms with van der Waals surface area (Å²) in [6.07, 6.45) is -4.29. The molecule has 1 amide bonds. The fraction of sp³-hybridized carbons (Fsp3) is 0.333. The zero-order valence-corrected chi connectivity index (χ0v) is 13.0. The summed E-state index contributed by atoms with van der Waals surface area (Å²) in [4.78, 5) is 17.2. The van der Waals surface area contributed by atoms with Gasteiger partial charge in [0.1, 0.15) is 17.6 Å². The van der Waals surface area contributed by atoms with Crippen molar-refractivity contribution in [2.75, 3.05) is 13.7 Å².